The number of rotatable bonds is 5. The van der Waals surface area contributed by atoms with Crippen molar-refractivity contribution in [2.45, 2.75) is 25.3 Å². The third kappa shape index (κ3) is 3.60. The van der Waals surface area contributed by atoms with Crippen LogP contribution in [0, 0.1) is 0 Å². The van der Waals surface area contributed by atoms with Crippen molar-refractivity contribution in [3.63, 3.8) is 0 Å². The summed E-state index contributed by atoms with van der Waals surface area (Å²) in [4.78, 5) is 0. The molecule has 18 heavy (non-hydrogen) atoms. The van der Waals surface area contributed by atoms with E-state index < -0.39 is 0 Å². The van der Waals surface area contributed by atoms with Gasteiger partial charge in [0.15, 0.2) is 0 Å². The van der Waals surface area contributed by atoms with Crippen molar-refractivity contribution in [3.05, 3.63) is 65.7 Å². The summed E-state index contributed by atoms with van der Waals surface area (Å²) in [5.41, 5.74) is 8.49. The van der Waals surface area contributed by atoms with Gasteiger partial charge in [0.25, 0.3) is 0 Å². The molecule has 0 aliphatic rings. The quantitative estimate of drug-likeness (QED) is 0.842. The van der Waals surface area contributed by atoms with Crippen molar-refractivity contribution in [3.8, 4) is 5.75 Å². The minimum Gasteiger partial charge on any atom is -0.508 e. The lowest BCUT2D eigenvalue weighted by atomic mass is 10.00. The smallest absolute Gasteiger partial charge is 0.115 e. The molecule has 0 aliphatic carbocycles. The van der Waals surface area contributed by atoms with Gasteiger partial charge in [-0.15, -0.1) is 0 Å². The van der Waals surface area contributed by atoms with Crippen LogP contribution in [0.1, 0.15) is 30.0 Å². The normalized spacial score (nSPS) is 12.3. The molecular formula is C16H19NO. The average molecular weight is 241 g/mol. The summed E-state index contributed by atoms with van der Waals surface area (Å²) in [6, 6.07) is 17.7. The first-order valence-corrected chi connectivity index (χ1v) is 6.34. The van der Waals surface area contributed by atoms with E-state index in [0.29, 0.717) is 5.75 Å². The summed E-state index contributed by atoms with van der Waals surface area (Å²) in [7, 11) is 0. The number of phenolic OH excluding ortho intramolecular Hbond substituents is 1. The van der Waals surface area contributed by atoms with Crippen LogP contribution in [0.5, 0.6) is 5.75 Å². The molecule has 0 bridgehead atoms. The Morgan fingerprint density at radius 2 is 1.78 bits per heavy atom. The molecule has 0 aliphatic heterocycles. The van der Waals surface area contributed by atoms with E-state index in [9.17, 15) is 5.11 Å². The molecular weight excluding hydrogens is 222 g/mol. The van der Waals surface area contributed by atoms with Gasteiger partial charge in [0.05, 0.1) is 0 Å². The lowest BCUT2D eigenvalue weighted by Gasteiger charge is -2.11. The maximum atomic E-state index is 9.37. The Hall–Kier alpha value is -1.80. The van der Waals surface area contributed by atoms with Crippen LogP contribution in [-0.2, 0) is 6.42 Å². The summed E-state index contributed by atoms with van der Waals surface area (Å²) in [6.07, 6.45) is 2.94. The molecule has 0 spiro atoms. The summed E-state index contributed by atoms with van der Waals surface area (Å²) in [5, 5.41) is 9.37. The van der Waals surface area contributed by atoms with Crippen molar-refractivity contribution in [2.75, 3.05) is 0 Å². The van der Waals surface area contributed by atoms with E-state index in [1.807, 2.05) is 36.4 Å². The third-order valence-electron chi connectivity index (χ3n) is 3.12. The van der Waals surface area contributed by atoms with Gasteiger partial charge in [0, 0.05) is 6.04 Å². The predicted octanol–water partition coefficient (Wildman–Crippen LogP) is 3.41. The minimum atomic E-state index is 0.100. The van der Waals surface area contributed by atoms with E-state index in [1.165, 1.54) is 5.56 Å². The van der Waals surface area contributed by atoms with E-state index in [1.54, 1.807) is 6.07 Å². The fourth-order valence-corrected chi connectivity index (χ4v) is 2.10. The standard InChI is InChI=1S/C16H19NO/c17-16(14-8-2-1-3-9-14)11-5-7-13-6-4-10-15(18)12-13/h1-4,6,8-10,12,16,18H,5,7,11,17H2. The SMILES string of the molecule is NC(CCCc1cccc(O)c1)c1ccccc1. The highest BCUT2D eigenvalue weighted by Gasteiger charge is 2.05. The van der Waals surface area contributed by atoms with Crippen LogP contribution >= 0.6 is 0 Å². The van der Waals surface area contributed by atoms with Gasteiger partial charge in [-0.05, 0) is 42.5 Å². The Balaban J connectivity index is 1.82. The monoisotopic (exact) mass is 241 g/mol. The highest BCUT2D eigenvalue weighted by molar-refractivity contribution is 5.27. The number of hydrogen-bond donors (Lipinski definition) is 2. The second-order valence-electron chi connectivity index (χ2n) is 4.58. The lowest BCUT2D eigenvalue weighted by molar-refractivity contribution is 0.474. The number of aryl methyl sites for hydroxylation is 1. The van der Waals surface area contributed by atoms with Crippen LogP contribution in [0.4, 0.5) is 0 Å². The zero-order valence-electron chi connectivity index (χ0n) is 10.4. The first kappa shape index (κ1) is 12.7. The molecule has 94 valence electrons. The molecule has 0 heterocycles. The molecule has 0 aromatic heterocycles. The highest BCUT2D eigenvalue weighted by atomic mass is 16.3. The van der Waals surface area contributed by atoms with Gasteiger partial charge >= 0.3 is 0 Å². The highest BCUT2D eigenvalue weighted by Crippen LogP contribution is 2.18. The molecule has 0 fully saturated rings. The maximum Gasteiger partial charge on any atom is 0.115 e. The molecule has 2 aromatic rings. The summed E-state index contributed by atoms with van der Waals surface area (Å²) in [5.74, 6) is 0.333. The van der Waals surface area contributed by atoms with Crippen LogP contribution < -0.4 is 5.73 Å². The van der Waals surface area contributed by atoms with Gasteiger partial charge in [0.1, 0.15) is 5.75 Å². The Morgan fingerprint density at radius 3 is 2.50 bits per heavy atom. The van der Waals surface area contributed by atoms with Gasteiger partial charge in [-0.25, -0.2) is 0 Å². The van der Waals surface area contributed by atoms with Gasteiger partial charge in [-0.2, -0.15) is 0 Å². The Bertz CT molecular complexity index is 481. The fourth-order valence-electron chi connectivity index (χ4n) is 2.10. The minimum absolute atomic E-state index is 0.100. The second-order valence-corrected chi connectivity index (χ2v) is 4.58. The zero-order chi connectivity index (χ0) is 12.8. The molecule has 0 radical (unpaired) electrons. The molecule has 2 aromatic carbocycles. The number of aromatic hydroxyl groups is 1. The van der Waals surface area contributed by atoms with Crippen molar-refractivity contribution in [2.24, 2.45) is 5.73 Å². The first-order valence-electron chi connectivity index (χ1n) is 6.34. The summed E-state index contributed by atoms with van der Waals surface area (Å²) < 4.78 is 0. The van der Waals surface area contributed by atoms with Crippen molar-refractivity contribution >= 4 is 0 Å². The fraction of sp³-hybridized carbons (Fsp3) is 0.250. The molecule has 3 N–H and O–H groups in total. The van der Waals surface area contributed by atoms with Gasteiger partial charge in [-0.1, -0.05) is 42.5 Å². The molecule has 0 amide bonds. The Labute approximate surface area is 108 Å². The molecule has 2 rings (SSSR count). The second kappa shape index (κ2) is 6.22. The maximum absolute atomic E-state index is 9.37. The largest absolute Gasteiger partial charge is 0.508 e. The van der Waals surface area contributed by atoms with Gasteiger partial charge in [0.2, 0.25) is 0 Å². The molecule has 2 nitrogen and oxygen atoms in total. The molecule has 1 atom stereocenters. The number of benzene rings is 2. The van der Waals surface area contributed by atoms with Gasteiger partial charge in [-0.3, -0.25) is 0 Å². The zero-order valence-corrected chi connectivity index (χ0v) is 10.4. The first-order chi connectivity index (χ1) is 8.75. The van der Waals surface area contributed by atoms with Crippen LogP contribution in [0.15, 0.2) is 54.6 Å². The molecule has 0 saturated carbocycles. The van der Waals surface area contributed by atoms with Crippen LogP contribution in [0.2, 0.25) is 0 Å². The number of phenols is 1. The molecule has 2 heteroatoms. The number of nitrogens with two attached hydrogens (primary N) is 1. The summed E-state index contributed by atoms with van der Waals surface area (Å²) >= 11 is 0. The van der Waals surface area contributed by atoms with E-state index in [4.69, 9.17) is 5.73 Å². The Kier molecular flexibility index (Phi) is 4.37. The summed E-state index contributed by atoms with van der Waals surface area (Å²) in [6.45, 7) is 0. The lowest BCUT2D eigenvalue weighted by Crippen LogP contribution is -2.10. The number of hydrogen-bond acceptors (Lipinski definition) is 2. The van der Waals surface area contributed by atoms with Crippen molar-refractivity contribution in [1.82, 2.24) is 0 Å². The third-order valence-corrected chi connectivity index (χ3v) is 3.12. The van der Waals surface area contributed by atoms with E-state index in [0.717, 1.165) is 24.8 Å². The van der Waals surface area contributed by atoms with Crippen molar-refractivity contribution < 1.29 is 5.11 Å². The molecule has 1 unspecified atom stereocenters. The van der Waals surface area contributed by atoms with Crippen LogP contribution in [-0.4, -0.2) is 5.11 Å². The van der Waals surface area contributed by atoms with Crippen molar-refractivity contribution in [1.29, 1.82) is 0 Å². The van der Waals surface area contributed by atoms with E-state index >= 15 is 0 Å². The molecule has 0 saturated heterocycles. The van der Waals surface area contributed by atoms with Gasteiger partial charge < -0.3 is 10.8 Å². The predicted molar refractivity (Wildman–Crippen MR) is 74.4 cm³/mol. The van der Waals surface area contributed by atoms with E-state index in [-0.39, 0.29) is 6.04 Å². The van der Waals surface area contributed by atoms with Crippen LogP contribution in [0.25, 0.3) is 0 Å². The topological polar surface area (TPSA) is 46.2 Å². The van der Waals surface area contributed by atoms with E-state index in [2.05, 4.69) is 12.1 Å². The average Bonchev–Trinajstić information content (AvgIpc) is 2.40. The Morgan fingerprint density at radius 1 is 1.00 bits per heavy atom. The van der Waals surface area contributed by atoms with Crippen LogP contribution in [0.3, 0.4) is 0 Å².